The van der Waals surface area contributed by atoms with Crippen LogP contribution >= 0.6 is 0 Å². The highest BCUT2D eigenvalue weighted by Gasteiger charge is 2.43. The maximum atomic E-state index is 2.52. The van der Waals surface area contributed by atoms with Gasteiger partial charge in [-0.25, -0.2) is 0 Å². The van der Waals surface area contributed by atoms with E-state index in [0.717, 1.165) is 36.3 Å². The molecule has 0 fully saturated rings. The zero-order chi connectivity index (χ0) is 46.6. The fourth-order valence-electron chi connectivity index (χ4n) is 12.2. The molecule has 10 aromatic carbocycles. The van der Waals surface area contributed by atoms with Crippen LogP contribution in [0.2, 0.25) is 0 Å². The lowest BCUT2D eigenvalue weighted by atomic mass is 9.61. The lowest BCUT2D eigenvalue weighted by molar-refractivity contribution is 0.479. The first-order chi connectivity index (χ1) is 34.6. The predicted octanol–water partition coefficient (Wildman–Crippen LogP) is 17.7. The average Bonchev–Trinajstić information content (AvgIpc) is 3.79. The molecule has 0 aliphatic heterocycles. The number of para-hydroxylation sites is 2. The Morgan fingerprint density at radius 2 is 1.06 bits per heavy atom. The molecule has 1 atom stereocenters. The van der Waals surface area contributed by atoms with Crippen LogP contribution in [-0.2, 0) is 18.3 Å². The average molecular weight is 897 g/mol. The van der Waals surface area contributed by atoms with Gasteiger partial charge in [0, 0.05) is 39.4 Å². The lowest BCUT2D eigenvalue weighted by Crippen LogP contribution is -2.37. The van der Waals surface area contributed by atoms with Crippen molar-refractivity contribution in [2.45, 2.75) is 31.6 Å². The lowest BCUT2D eigenvalue weighted by Gasteiger charge is -2.42. The highest BCUT2D eigenvalue weighted by Crippen LogP contribution is 2.51. The molecule has 0 spiro atoms. The minimum atomic E-state index is -0.526. The Morgan fingerprint density at radius 3 is 1.73 bits per heavy atom. The van der Waals surface area contributed by atoms with E-state index < -0.39 is 5.41 Å². The van der Waals surface area contributed by atoms with E-state index in [4.69, 9.17) is 0 Å². The van der Waals surface area contributed by atoms with Gasteiger partial charge >= 0.3 is 0 Å². The Labute approximate surface area is 410 Å². The summed E-state index contributed by atoms with van der Waals surface area (Å²) in [6.45, 7) is 2.41. The van der Waals surface area contributed by atoms with Crippen molar-refractivity contribution >= 4 is 71.9 Å². The van der Waals surface area contributed by atoms with Crippen LogP contribution in [0.3, 0.4) is 0 Å². The highest BCUT2D eigenvalue weighted by molar-refractivity contribution is 6.25. The molecule has 2 aliphatic rings. The second-order valence-electron chi connectivity index (χ2n) is 19.1. The third-order valence-corrected chi connectivity index (χ3v) is 15.3. The quantitative estimate of drug-likeness (QED) is 0.145. The maximum absolute atomic E-state index is 2.52. The van der Waals surface area contributed by atoms with Gasteiger partial charge in [0.25, 0.3) is 0 Å². The number of aromatic nitrogens is 1. The summed E-state index contributed by atoms with van der Waals surface area (Å²) in [7, 11) is 0. The van der Waals surface area contributed by atoms with Crippen molar-refractivity contribution in [3.8, 4) is 5.69 Å². The summed E-state index contributed by atoms with van der Waals surface area (Å²) in [5, 5.41) is 8.93. The number of anilines is 3. The number of nitrogens with zero attached hydrogens (tertiary/aromatic N) is 2. The van der Waals surface area contributed by atoms with Crippen LogP contribution in [0.5, 0.6) is 0 Å². The number of hydrogen-bond donors (Lipinski definition) is 0. The van der Waals surface area contributed by atoms with Crippen LogP contribution in [0.25, 0.3) is 60.6 Å². The first-order valence-corrected chi connectivity index (χ1v) is 24.8. The third kappa shape index (κ3) is 6.78. The van der Waals surface area contributed by atoms with Gasteiger partial charge in [0.15, 0.2) is 0 Å². The van der Waals surface area contributed by atoms with E-state index in [2.05, 4.69) is 271 Å². The molecule has 1 heterocycles. The molecule has 2 nitrogen and oxygen atoms in total. The van der Waals surface area contributed by atoms with E-state index in [0.29, 0.717) is 0 Å². The van der Waals surface area contributed by atoms with Crippen LogP contribution in [0.15, 0.2) is 249 Å². The molecule has 70 heavy (non-hydrogen) atoms. The van der Waals surface area contributed by atoms with Crippen molar-refractivity contribution in [2.24, 2.45) is 5.92 Å². The van der Waals surface area contributed by atoms with Crippen molar-refractivity contribution in [3.63, 3.8) is 0 Å². The summed E-state index contributed by atoms with van der Waals surface area (Å²) in [6, 6.07) is 83.7. The number of fused-ring (bicyclic) bond motifs is 10. The summed E-state index contributed by atoms with van der Waals surface area (Å²) in [5.41, 5.74) is 15.7. The van der Waals surface area contributed by atoms with Gasteiger partial charge in [-0.05, 0) is 145 Å². The van der Waals surface area contributed by atoms with Crippen LogP contribution < -0.4 is 4.90 Å². The second-order valence-corrected chi connectivity index (χ2v) is 19.1. The van der Waals surface area contributed by atoms with Crippen LogP contribution in [0.1, 0.15) is 52.4 Å². The molecule has 0 N–H and O–H groups in total. The molecular weight excluding hydrogens is 845 g/mol. The molecule has 13 rings (SSSR count). The van der Waals surface area contributed by atoms with Crippen molar-refractivity contribution in [1.82, 2.24) is 4.57 Å². The monoisotopic (exact) mass is 896 g/mol. The number of allylic oxidation sites excluding steroid dienone is 5. The Hall–Kier alpha value is -8.46. The minimum absolute atomic E-state index is 0.0806. The third-order valence-electron chi connectivity index (χ3n) is 15.3. The first-order valence-electron chi connectivity index (χ1n) is 24.8. The molecule has 0 amide bonds. The van der Waals surface area contributed by atoms with Crippen molar-refractivity contribution in [3.05, 3.63) is 288 Å². The van der Waals surface area contributed by atoms with Gasteiger partial charge in [-0.3, -0.25) is 0 Å². The van der Waals surface area contributed by atoms with Gasteiger partial charge in [-0.1, -0.05) is 207 Å². The first kappa shape index (κ1) is 41.7. The zero-order valence-electron chi connectivity index (χ0n) is 39.3. The zero-order valence-corrected chi connectivity index (χ0v) is 39.3. The number of hydrogen-bond acceptors (Lipinski definition) is 1. The molecule has 0 saturated carbocycles. The fourth-order valence-corrected chi connectivity index (χ4v) is 12.2. The van der Waals surface area contributed by atoms with Gasteiger partial charge in [-0.15, -0.1) is 0 Å². The van der Waals surface area contributed by atoms with E-state index in [1.807, 2.05) is 0 Å². The van der Waals surface area contributed by atoms with Gasteiger partial charge < -0.3 is 9.47 Å². The van der Waals surface area contributed by atoms with Gasteiger partial charge in [0.05, 0.1) is 10.9 Å². The van der Waals surface area contributed by atoms with Crippen LogP contribution in [-0.4, -0.2) is 4.57 Å². The van der Waals surface area contributed by atoms with E-state index >= 15 is 0 Å². The van der Waals surface area contributed by atoms with Gasteiger partial charge in [0.2, 0.25) is 0 Å². The SMILES string of the molecule is CC1/C=C\C=C(\c2ccc(-n3c4c(c5ccccc53)C=CCC4)cc2)Cc2ccc(N(c3ccccc3)c3ccc4c5ccccc5c5ccccc5c4c3)cc2C1(c1ccccc1)c1ccccc1. The Balaban J connectivity index is 1.01. The predicted molar refractivity (Wildman–Crippen MR) is 297 cm³/mol. The fraction of sp³-hybridized carbons (Fsp3) is 0.0882. The normalized spacial score (nSPS) is 16.5. The molecule has 1 aromatic heterocycles. The standard InChI is InChI=1S/C68H52N2/c1-47-20-19-21-49(48-36-39-54(40-37-48)70-66-34-17-15-32-62(66)63-33-16-18-35-67(63)70)44-50-38-41-56(46-65(50)68(47,51-22-5-2-6-23-51)52-24-7-3-8-25-52)69(53-26-9-4-10-27-53)55-42-43-61-59-30-12-11-28-57(59)58-29-13-14-31-60(58)64(61)45-55/h2-17,19-34,36-43,45-47H,18,35,44H2,1H3/b20-19-,49-21+. The summed E-state index contributed by atoms with van der Waals surface area (Å²) < 4.78 is 2.49. The summed E-state index contributed by atoms with van der Waals surface area (Å²) >= 11 is 0. The van der Waals surface area contributed by atoms with Crippen LogP contribution in [0, 0.1) is 5.92 Å². The Bertz CT molecular complexity index is 3780. The minimum Gasteiger partial charge on any atom is -0.313 e. The van der Waals surface area contributed by atoms with Gasteiger partial charge in [-0.2, -0.15) is 0 Å². The molecule has 1 unspecified atom stereocenters. The van der Waals surface area contributed by atoms with Gasteiger partial charge in [0.1, 0.15) is 0 Å². The van der Waals surface area contributed by atoms with E-state index in [1.54, 1.807) is 0 Å². The summed E-state index contributed by atoms with van der Waals surface area (Å²) in [5.74, 6) is 0.0806. The second kappa shape index (κ2) is 17.3. The summed E-state index contributed by atoms with van der Waals surface area (Å²) in [4.78, 5) is 2.46. The van der Waals surface area contributed by atoms with E-state index in [9.17, 15) is 0 Å². The van der Waals surface area contributed by atoms with Crippen LogP contribution in [0.4, 0.5) is 17.1 Å². The molecule has 0 saturated heterocycles. The molecular formula is C68H52N2. The Kier molecular flexibility index (Phi) is 10.3. The maximum Gasteiger partial charge on any atom is 0.0537 e. The molecule has 2 heteroatoms. The number of rotatable bonds is 7. The van der Waals surface area contributed by atoms with E-state index in [1.165, 1.54) is 93.6 Å². The largest absolute Gasteiger partial charge is 0.313 e. The topological polar surface area (TPSA) is 8.17 Å². The van der Waals surface area contributed by atoms with Crippen molar-refractivity contribution in [1.29, 1.82) is 0 Å². The molecule has 0 radical (unpaired) electrons. The Morgan fingerprint density at radius 1 is 0.500 bits per heavy atom. The highest BCUT2D eigenvalue weighted by atomic mass is 15.1. The van der Waals surface area contributed by atoms with E-state index in [-0.39, 0.29) is 5.92 Å². The smallest absolute Gasteiger partial charge is 0.0537 e. The summed E-state index contributed by atoms with van der Waals surface area (Å²) in [6.07, 6.45) is 14.6. The van der Waals surface area contributed by atoms with Crippen molar-refractivity contribution in [2.75, 3.05) is 4.90 Å². The molecule has 2 aliphatic carbocycles. The molecule has 334 valence electrons. The molecule has 11 aromatic rings. The number of benzene rings is 10. The van der Waals surface area contributed by atoms with Crippen molar-refractivity contribution < 1.29 is 0 Å². The molecule has 0 bridgehead atoms.